The van der Waals surface area contributed by atoms with Gasteiger partial charge in [0.25, 0.3) is 0 Å². The summed E-state index contributed by atoms with van der Waals surface area (Å²) in [6, 6.07) is 0. The lowest BCUT2D eigenvalue weighted by Gasteiger charge is -2.49. The second-order valence-corrected chi connectivity index (χ2v) is 7.23. The minimum absolute atomic E-state index is 0.0272. The third-order valence-electron chi connectivity index (χ3n) is 5.67. The summed E-state index contributed by atoms with van der Waals surface area (Å²) in [7, 11) is 0. The van der Waals surface area contributed by atoms with Crippen LogP contribution in [-0.4, -0.2) is 11.2 Å². The molecule has 1 nitrogen and oxygen atoms in total. The van der Waals surface area contributed by atoms with Crippen LogP contribution in [-0.2, 0) is 4.74 Å². The quantitative estimate of drug-likeness (QED) is 0.572. The summed E-state index contributed by atoms with van der Waals surface area (Å²) < 4.78 is 6.62. The topological polar surface area (TPSA) is 9.23 Å². The van der Waals surface area contributed by atoms with Gasteiger partial charge in [-0.25, -0.2) is 0 Å². The molecule has 100 valence electrons. The molecule has 1 heterocycles. The number of ether oxygens (including phenoxy) is 1. The van der Waals surface area contributed by atoms with Crippen LogP contribution < -0.4 is 0 Å². The van der Waals surface area contributed by atoms with E-state index in [1.165, 1.54) is 36.8 Å². The zero-order valence-corrected chi connectivity index (χ0v) is 12.3. The fraction of sp³-hybridized carbons (Fsp3) is 0.765. The molecular weight excluding hydrogens is 220 g/mol. The van der Waals surface area contributed by atoms with Gasteiger partial charge in [0, 0.05) is 5.92 Å². The van der Waals surface area contributed by atoms with Crippen LogP contribution in [0.1, 0.15) is 53.4 Å². The van der Waals surface area contributed by atoms with Gasteiger partial charge in [-0.15, -0.1) is 0 Å². The fourth-order valence-corrected chi connectivity index (χ4v) is 4.67. The van der Waals surface area contributed by atoms with Gasteiger partial charge in [0.2, 0.25) is 0 Å². The maximum atomic E-state index is 6.62. The minimum atomic E-state index is -0.152. The van der Waals surface area contributed by atoms with Crippen LogP contribution in [0.15, 0.2) is 23.8 Å². The van der Waals surface area contributed by atoms with Crippen molar-refractivity contribution in [1.29, 1.82) is 0 Å². The van der Waals surface area contributed by atoms with E-state index in [2.05, 4.69) is 40.3 Å². The standard InChI is InChI=1S/C17H26O/c1-11-6-8-14-12(2)7-9-15-13(3)16(4,5)18-17(14,15)10-11/h10,12,14-15H,3,6-9H2,1-2,4-5H3/t12-,14+,15+,17+/m1/s1. The molecule has 1 aliphatic heterocycles. The molecule has 18 heavy (non-hydrogen) atoms. The summed E-state index contributed by atoms with van der Waals surface area (Å²) in [5.41, 5.74) is 2.66. The third-order valence-corrected chi connectivity index (χ3v) is 5.67. The van der Waals surface area contributed by atoms with Gasteiger partial charge >= 0.3 is 0 Å². The molecule has 2 fully saturated rings. The van der Waals surface area contributed by atoms with Crippen molar-refractivity contribution >= 4 is 0 Å². The maximum Gasteiger partial charge on any atom is 0.0973 e. The van der Waals surface area contributed by atoms with Gasteiger partial charge in [-0.1, -0.05) is 25.2 Å². The zero-order valence-electron chi connectivity index (χ0n) is 12.3. The van der Waals surface area contributed by atoms with Gasteiger partial charge in [0.05, 0.1) is 11.2 Å². The van der Waals surface area contributed by atoms with E-state index in [4.69, 9.17) is 4.74 Å². The van der Waals surface area contributed by atoms with Crippen molar-refractivity contribution in [1.82, 2.24) is 0 Å². The van der Waals surface area contributed by atoms with Crippen molar-refractivity contribution < 1.29 is 4.74 Å². The van der Waals surface area contributed by atoms with Crippen LogP contribution in [0.2, 0.25) is 0 Å². The molecule has 1 spiro atoms. The van der Waals surface area contributed by atoms with Crippen molar-refractivity contribution in [3.63, 3.8) is 0 Å². The number of hydrogen-bond acceptors (Lipinski definition) is 1. The molecule has 0 amide bonds. The van der Waals surface area contributed by atoms with Gasteiger partial charge in [-0.05, 0) is 63.9 Å². The molecule has 0 unspecified atom stereocenters. The molecule has 0 radical (unpaired) electrons. The Balaban J connectivity index is 2.11. The molecule has 0 N–H and O–H groups in total. The SMILES string of the molecule is C=C1[C@@H]2CC[C@@H](C)[C@@H]3CCC(C)=C[C@@]23OC1(C)C. The highest BCUT2D eigenvalue weighted by molar-refractivity contribution is 5.34. The van der Waals surface area contributed by atoms with Crippen molar-refractivity contribution in [3.8, 4) is 0 Å². The highest BCUT2D eigenvalue weighted by Gasteiger charge is 2.60. The van der Waals surface area contributed by atoms with Gasteiger partial charge in [0.1, 0.15) is 0 Å². The van der Waals surface area contributed by atoms with E-state index in [1.807, 2.05) is 0 Å². The van der Waals surface area contributed by atoms with Crippen molar-refractivity contribution in [2.45, 2.75) is 64.6 Å². The lowest BCUT2D eigenvalue weighted by Crippen LogP contribution is -2.50. The molecule has 3 rings (SSSR count). The van der Waals surface area contributed by atoms with Crippen LogP contribution in [0, 0.1) is 17.8 Å². The van der Waals surface area contributed by atoms with Crippen LogP contribution in [0.3, 0.4) is 0 Å². The molecule has 0 aromatic rings. The minimum Gasteiger partial charge on any atom is -0.360 e. The monoisotopic (exact) mass is 246 g/mol. The summed E-state index contributed by atoms with van der Waals surface area (Å²) >= 11 is 0. The molecule has 0 aromatic carbocycles. The fourth-order valence-electron chi connectivity index (χ4n) is 4.67. The van der Waals surface area contributed by atoms with Crippen molar-refractivity contribution in [2.75, 3.05) is 0 Å². The second kappa shape index (κ2) is 3.72. The predicted octanol–water partition coefficient (Wildman–Crippen LogP) is 4.49. The van der Waals surface area contributed by atoms with E-state index in [0.29, 0.717) is 11.8 Å². The van der Waals surface area contributed by atoms with Crippen molar-refractivity contribution in [2.24, 2.45) is 17.8 Å². The van der Waals surface area contributed by atoms with Crippen LogP contribution in [0.4, 0.5) is 0 Å². The first-order chi connectivity index (χ1) is 8.37. The lowest BCUT2D eigenvalue weighted by molar-refractivity contribution is -0.128. The Bertz CT molecular complexity index is 417. The Morgan fingerprint density at radius 1 is 1.28 bits per heavy atom. The first-order valence-electron chi connectivity index (χ1n) is 7.44. The van der Waals surface area contributed by atoms with E-state index in [1.54, 1.807) is 0 Å². The normalized spacial score (nSPS) is 46.3. The van der Waals surface area contributed by atoms with Gasteiger partial charge in [-0.2, -0.15) is 0 Å². The van der Waals surface area contributed by atoms with E-state index in [0.717, 1.165) is 5.92 Å². The van der Waals surface area contributed by atoms with Crippen LogP contribution in [0.25, 0.3) is 0 Å². The third kappa shape index (κ3) is 1.49. The molecular formula is C17H26O. The number of allylic oxidation sites excluding steroid dienone is 1. The van der Waals surface area contributed by atoms with Gasteiger partial charge in [0.15, 0.2) is 0 Å². The average molecular weight is 246 g/mol. The molecule has 0 aromatic heterocycles. The molecule has 0 bridgehead atoms. The highest BCUT2D eigenvalue weighted by atomic mass is 16.5. The molecule has 1 saturated carbocycles. The first kappa shape index (κ1) is 12.5. The summed E-state index contributed by atoms with van der Waals surface area (Å²) in [4.78, 5) is 0. The summed E-state index contributed by atoms with van der Waals surface area (Å²) in [6.45, 7) is 13.4. The summed E-state index contributed by atoms with van der Waals surface area (Å²) in [5.74, 6) is 2.02. The van der Waals surface area contributed by atoms with Gasteiger partial charge in [-0.3, -0.25) is 0 Å². The zero-order chi connectivity index (χ0) is 13.1. The summed E-state index contributed by atoms with van der Waals surface area (Å²) in [5, 5.41) is 0. The molecule has 3 aliphatic rings. The number of hydrogen-bond donors (Lipinski definition) is 0. The first-order valence-corrected chi connectivity index (χ1v) is 7.44. The van der Waals surface area contributed by atoms with E-state index < -0.39 is 0 Å². The highest BCUT2D eigenvalue weighted by Crippen LogP contribution is 2.59. The Morgan fingerprint density at radius 3 is 2.72 bits per heavy atom. The second-order valence-electron chi connectivity index (χ2n) is 7.23. The lowest BCUT2D eigenvalue weighted by atomic mass is 9.59. The molecule has 1 saturated heterocycles. The predicted molar refractivity (Wildman–Crippen MR) is 75.4 cm³/mol. The van der Waals surface area contributed by atoms with E-state index >= 15 is 0 Å². The Kier molecular flexibility index (Phi) is 2.58. The smallest absolute Gasteiger partial charge is 0.0973 e. The maximum absolute atomic E-state index is 6.62. The number of rotatable bonds is 0. The molecule has 2 aliphatic carbocycles. The summed E-state index contributed by atoms with van der Waals surface area (Å²) in [6.07, 6.45) is 7.59. The van der Waals surface area contributed by atoms with Gasteiger partial charge < -0.3 is 4.74 Å². The van der Waals surface area contributed by atoms with Crippen LogP contribution in [0.5, 0.6) is 0 Å². The van der Waals surface area contributed by atoms with Crippen LogP contribution >= 0.6 is 0 Å². The molecule has 4 atom stereocenters. The Hall–Kier alpha value is -0.560. The largest absolute Gasteiger partial charge is 0.360 e. The Labute approximate surface area is 111 Å². The van der Waals surface area contributed by atoms with E-state index in [9.17, 15) is 0 Å². The Morgan fingerprint density at radius 2 is 2.00 bits per heavy atom. The molecule has 1 heteroatoms. The van der Waals surface area contributed by atoms with E-state index in [-0.39, 0.29) is 11.2 Å². The van der Waals surface area contributed by atoms with Crippen molar-refractivity contribution in [3.05, 3.63) is 23.8 Å². The average Bonchev–Trinajstić information content (AvgIpc) is 2.45.